The van der Waals surface area contributed by atoms with Crippen LogP contribution in [0.3, 0.4) is 0 Å². The normalized spacial score (nSPS) is 20.4. The summed E-state index contributed by atoms with van der Waals surface area (Å²) in [4.78, 5) is 6.40. The van der Waals surface area contributed by atoms with E-state index >= 15 is 0 Å². The van der Waals surface area contributed by atoms with Gasteiger partial charge >= 0.3 is 0 Å². The van der Waals surface area contributed by atoms with Crippen molar-refractivity contribution in [2.75, 3.05) is 19.6 Å². The van der Waals surface area contributed by atoms with Gasteiger partial charge in [-0.2, -0.15) is 5.06 Å². The summed E-state index contributed by atoms with van der Waals surface area (Å²) in [7, 11) is 0. The third kappa shape index (κ3) is 4.11. The van der Waals surface area contributed by atoms with Gasteiger partial charge in [-0.3, -0.25) is 4.84 Å². The summed E-state index contributed by atoms with van der Waals surface area (Å²) < 4.78 is 0. The minimum atomic E-state index is -0.227. The Labute approximate surface area is 161 Å². The first-order valence-electron chi connectivity index (χ1n) is 9.61. The highest BCUT2D eigenvalue weighted by Gasteiger charge is 2.41. The topological polar surface area (TPSA) is 24.5 Å². The van der Waals surface area contributed by atoms with E-state index in [1.54, 1.807) is 0 Å². The molecule has 0 bridgehead atoms. The maximum Gasteiger partial charge on any atom is 0.0936 e. The smallest absolute Gasteiger partial charge is 0.0936 e. The zero-order valence-corrected chi connectivity index (χ0v) is 15.6. The molecule has 3 nitrogen and oxygen atoms in total. The Bertz CT molecular complexity index is 823. The van der Waals surface area contributed by atoms with Gasteiger partial charge in [0.25, 0.3) is 0 Å². The largest absolute Gasteiger partial charge is 0.313 e. The van der Waals surface area contributed by atoms with Crippen LogP contribution >= 0.6 is 0 Å². The molecule has 1 N–H and O–H groups in total. The van der Waals surface area contributed by atoms with Crippen molar-refractivity contribution in [3.8, 4) is 0 Å². The lowest BCUT2D eigenvalue weighted by Crippen LogP contribution is -2.59. The molecule has 3 aromatic carbocycles. The van der Waals surface area contributed by atoms with Crippen molar-refractivity contribution in [3.63, 3.8) is 0 Å². The van der Waals surface area contributed by atoms with Gasteiger partial charge in [0.1, 0.15) is 0 Å². The number of benzene rings is 3. The Balaban J connectivity index is 1.65. The molecule has 3 aromatic rings. The van der Waals surface area contributed by atoms with E-state index in [1.807, 2.05) is 6.07 Å². The molecule has 1 fully saturated rings. The Morgan fingerprint density at radius 3 is 2.04 bits per heavy atom. The summed E-state index contributed by atoms with van der Waals surface area (Å²) in [5.41, 5.74) is 3.57. The number of nitrogens with zero attached hydrogens (tertiary/aromatic N) is 1. The summed E-state index contributed by atoms with van der Waals surface area (Å²) in [5, 5.41) is 5.81. The molecule has 1 saturated heterocycles. The highest BCUT2D eigenvalue weighted by Crippen LogP contribution is 2.34. The quantitative estimate of drug-likeness (QED) is 0.716. The second-order valence-corrected chi connectivity index (χ2v) is 7.10. The Kier molecular flexibility index (Phi) is 5.64. The fourth-order valence-corrected chi connectivity index (χ4v) is 3.87. The van der Waals surface area contributed by atoms with Crippen molar-refractivity contribution in [2.45, 2.75) is 18.6 Å². The molecule has 0 radical (unpaired) electrons. The molecule has 0 aromatic heterocycles. The molecule has 0 saturated carbocycles. The van der Waals surface area contributed by atoms with Crippen LogP contribution in [0.4, 0.5) is 0 Å². The molecule has 138 valence electrons. The zero-order valence-electron chi connectivity index (χ0n) is 15.6. The lowest BCUT2D eigenvalue weighted by atomic mass is 9.82. The molecular weight excluding hydrogens is 332 g/mol. The number of rotatable bonds is 6. The maximum absolute atomic E-state index is 6.40. The highest BCUT2D eigenvalue weighted by molar-refractivity contribution is 5.30. The lowest BCUT2D eigenvalue weighted by Gasteiger charge is -2.47. The van der Waals surface area contributed by atoms with E-state index in [2.05, 4.69) is 95.3 Å². The first-order valence-corrected chi connectivity index (χ1v) is 9.61. The van der Waals surface area contributed by atoms with Crippen LogP contribution < -0.4 is 5.32 Å². The molecule has 4 rings (SSSR count). The molecule has 0 amide bonds. The van der Waals surface area contributed by atoms with Gasteiger partial charge in [-0.05, 0) is 23.1 Å². The second-order valence-electron chi connectivity index (χ2n) is 7.10. The molecule has 1 heterocycles. The number of hydroxylamine groups is 2. The van der Waals surface area contributed by atoms with Crippen LogP contribution in [0.2, 0.25) is 0 Å². The first-order chi connectivity index (χ1) is 13.4. The van der Waals surface area contributed by atoms with Crippen molar-refractivity contribution in [3.05, 3.63) is 108 Å². The SMILES string of the molecule is c1ccc(CON2CCNCC2(Cc2ccccc2)c2ccccc2)cc1. The summed E-state index contributed by atoms with van der Waals surface area (Å²) in [6, 6.07) is 31.8. The van der Waals surface area contributed by atoms with Gasteiger partial charge in [-0.1, -0.05) is 91.0 Å². The fraction of sp³-hybridized carbons (Fsp3) is 0.250. The minimum absolute atomic E-state index is 0.227. The molecule has 3 heteroatoms. The van der Waals surface area contributed by atoms with E-state index in [0.717, 1.165) is 26.1 Å². The van der Waals surface area contributed by atoms with Gasteiger partial charge in [0, 0.05) is 19.6 Å². The van der Waals surface area contributed by atoms with Gasteiger partial charge in [-0.15, -0.1) is 0 Å². The van der Waals surface area contributed by atoms with E-state index in [4.69, 9.17) is 4.84 Å². The lowest BCUT2D eigenvalue weighted by molar-refractivity contribution is -0.244. The van der Waals surface area contributed by atoms with Gasteiger partial charge < -0.3 is 5.32 Å². The highest BCUT2D eigenvalue weighted by atomic mass is 16.7. The molecule has 27 heavy (non-hydrogen) atoms. The van der Waals surface area contributed by atoms with Crippen LogP contribution in [0.25, 0.3) is 0 Å². The summed E-state index contributed by atoms with van der Waals surface area (Å²) in [6.07, 6.45) is 0.902. The molecule has 0 spiro atoms. The minimum Gasteiger partial charge on any atom is -0.313 e. The predicted molar refractivity (Wildman–Crippen MR) is 109 cm³/mol. The number of hydrogen-bond donors (Lipinski definition) is 1. The van der Waals surface area contributed by atoms with Crippen LogP contribution in [-0.4, -0.2) is 24.7 Å². The maximum atomic E-state index is 6.40. The average Bonchev–Trinajstić information content (AvgIpc) is 2.75. The standard InChI is InChI=1S/C24H26N2O/c1-4-10-21(11-5-1)18-24(23-14-8-3-9-15-23)20-25-16-17-26(24)27-19-22-12-6-2-7-13-22/h1-15,25H,16-20H2. The number of piperazine rings is 1. The third-order valence-electron chi connectivity index (χ3n) is 5.27. The average molecular weight is 358 g/mol. The van der Waals surface area contributed by atoms with Crippen LogP contribution in [-0.2, 0) is 23.4 Å². The van der Waals surface area contributed by atoms with Crippen LogP contribution in [0.5, 0.6) is 0 Å². The fourth-order valence-electron chi connectivity index (χ4n) is 3.87. The predicted octanol–water partition coefficient (Wildman–Crippen LogP) is 4.16. The molecule has 1 aliphatic rings. The third-order valence-corrected chi connectivity index (χ3v) is 5.27. The van der Waals surface area contributed by atoms with E-state index in [0.29, 0.717) is 6.61 Å². The van der Waals surface area contributed by atoms with Gasteiger partial charge in [0.2, 0.25) is 0 Å². The van der Waals surface area contributed by atoms with E-state index < -0.39 is 0 Å². The van der Waals surface area contributed by atoms with Crippen LogP contribution in [0.1, 0.15) is 16.7 Å². The van der Waals surface area contributed by atoms with Crippen molar-refractivity contribution in [1.82, 2.24) is 10.4 Å². The van der Waals surface area contributed by atoms with Crippen molar-refractivity contribution < 1.29 is 4.84 Å². The first kappa shape index (κ1) is 17.9. The van der Waals surface area contributed by atoms with Gasteiger partial charge in [0.15, 0.2) is 0 Å². The summed E-state index contributed by atoms with van der Waals surface area (Å²) in [5.74, 6) is 0. The number of nitrogens with one attached hydrogen (secondary N) is 1. The van der Waals surface area contributed by atoms with Crippen molar-refractivity contribution >= 4 is 0 Å². The Morgan fingerprint density at radius 2 is 1.37 bits per heavy atom. The van der Waals surface area contributed by atoms with Gasteiger partial charge in [-0.25, -0.2) is 0 Å². The summed E-state index contributed by atoms with van der Waals surface area (Å²) in [6.45, 7) is 3.23. The van der Waals surface area contributed by atoms with Gasteiger partial charge in [0.05, 0.1) is 12.1 Å². The van der Waals surface area contributed by atoms with Crippen LogP contribution in [0, 0.1) is 0 Å². The Hall–Kier alpha value is -2.46. The van der Waals surface area contributed by atoms with E-state index in [1.165, 1.54) is 16.7 Å². The molecule has 0 aliphatic carbocycles. The molecule has 1 aliphatic heterocycles. The zero-order chi connectivity index (χ0) is 18.4. The van der Waals surface area contributed by atoms with Crippen LogP contribution in [0.15, 0.2) is 91.0 Å². The van der Waals surface area contributed by atoms with Crippen molar-refractivity contribution in [1.29, 1.82) is 0 Å². The van der Waals surface area contributed by atoms with Crippen molar-refractivity contribution in [2.24, 2.45) is 0 Å². The molecular formula is C24H26N2O. The summed E-state index contributed by atoms with van der Waals surface area (Å²) >= 11 is 0. The van der Waals surface area contributed by atoms with E-state index in [-0.39, 0.29) is 5.54 Å². The molecule has 1 unspecified atom stereocenters. The Morgan fingerprint density at radius 1 is 0.778 bits per heavy atom. The second kappa shape index (κ2) is 8.49. The van der Waals surface area contributed by atoms with E-state index in [9.17, 15) is 0 Å². The monoisotopic (exact) mass is 358 g/mol. The number of hydrogen-bond acceptors (Lipinski definition) is 3. The molecule has 1 atom stereocenters.